The first-order valence-corrected chi connectivity index (χ1v) is 6.41. The predicted octanol–water partition coefficient (Wildman–Crippen LogP) is 1.70. The monoisotopic (exact) mass is 247 g/mol. The number of aryl methyl sites for hydroxylation is 1. The number of para-hydroxylation sites is 2. The Morgan fingerprint density at radius 3 is 2.78 bits per heavy atom. The van der Waals surface area contributed by atoms with Gasteiger partial charge in [0.2, 0.25) is 0 Å². The Hall–Kier alpha value is -1.39. The largest absolute Gasteiger partial charge is 0.390 e. The lowest BCUT2D eigenvalue weighted by Gasteiger charge is -2.16. The minimum Gasteiger partial charge on any atom is -0.390 e. The van der Waals surface area contributed by atoms with Crippen molar-refractivity contribution in [1.82, 2.24) is 14.9 Å². The molecular weight excluding hydrogens is 226 g/mol. The number of aliphatic hydroxyl groups excluding tert-OH is 1. The van der Waals surface area contributed by atoms with Gasteiger partial charge in [0.05, 0.1) is 23.7 Å². The summed E-state index contributed by atoms with van der Waals surface area (Å²) in [6.45, 7) is 7.30. The summed E-state index contributed by atoms with van der Waals surface area (Å²) in [5.41, 5.74) is 2.07. The van der Waals surface area contributed by atoms with Crippen molar-refractivity contribution in [3.63, 3.8) is 0 Å². The van der Waals surface area contributed by atoms with E-state index in [4.69, 9.17) is 0 Å². The molecule has 98 valence electrons. The highest BCUT2D eigenvalue weighted by Gasteiger charge is 2.11. The van der Waals surface area contributed by atoms with E-state index in [0.29, 0.717) is 19.1 Å². The quantitative estimate of drug-likeness (QED) is 0.845. The smallest absolute Gasteiger partial charge is 0.106 e. The van der Waals surface area contributed by atoms with Gasteiger partial charge in [-0.2, -0.15) is 0 Å². The third-order valence-corrected chi connectivity index (χ3v) is 3.00. The number of hydrogen-bond donors (Lipinski definition) is 2. The second-order valence-electron chi connectivity index (χ2n) is 4.98. The van der Waals surface area contributed by atoms with Gasteiger partial charge in [0, 0.05) is 12.6 Å². The molecule has 4 nitrogen and oxygen atoms in total. The van der Waals surface area contributed by atoms with Crippen molar-refractivity contribution >= 4 is 11.0 Å². The average molecular weight is 247 g/mol. The second-order valence-corrected chi connectivity index (χ2v) is 4.98. The summed E-state index contributed by atoms with van der Waals surface area (Å²) in [6.07, 6.45) is -0.399. The zero-order chi connectivity index (χ0) is 13.1. The van der Waals surface area contributed by atoms with Gasteiger partial charge >= 0.3 is 0 Å². The Morgan fingerprint density at radius 2 is 2.06 bits per heavy atom. The molecule has 0 saturated carbocycles. The molecule has 0 spiro atoms. The fourth-order valence-corrected chi connectivity index (χ4v) is 2.07. The van der Waals surface area contributed by atoms with Crippen LogP contribution in [0.4, 0.5) is 0 Å². The van der Waals surface area contributed by atoms with E-state index in [-0.39, 0.29) is 0 Å². The number of rotatable bonds is 5. The Kier molecular flexibility index (Phi) is 3.99. The van der Waals surface area contributed by atoms with Crippen LogP contribution in [-0.2, 0) is 6.54 Å². The summed E-state index contributed by atoms with van der Waals surface area (Å²) in [5.74, 6) is 0.944. The molecule has 2 aromatic rings. The van der Waals surface area contributed by atoms with E-state index in [2.05, 4.69) is 28.7 Å². The Morgan fingerprint density at radius 1 is 1.33 bits per heavy atom. The van der Waals surface area contributed by atoms with Gasteiger partial charge < -0.3 is 15.0 Å². The molecule has 0 saturated heterocycles. The van der Waals surface area contributed by atoms with E-state index in [0.717, 1.165) is 16.9 Å². The molecule has 0 radical (unpaired) electrons. The van der Waals surface area contributed by atoms with Crippen molar-refractivity contribution in [3.8, 4) is 0 Å². The van der Waals surface area contributed by atoms with Crippen LogP contribution in [-0.4, -0.2) is 33.3 Å². The van der Waals surface area contributed by atoms with Gasteiger partial charge in [0.25, 0.3) is 0 Å². The maximum absolute atomic E-state index is 10.0. The lowest BCUT2D eigenvalue weighted by atomic mass is 10.3. The van der Waals surface area contributed by atoms with Gasteiger partial charge in [0.15, 0.2) is 0 Å². The normalized spacial score (nSPS) is 13.4. The number of benzene rings is 1. The predicted molar refractivity (Wildman–Crippen MR) is 73.6 cm³/mol. The molecule has 4 heteroatoms. The number of fused-ring (bicyclic) bond motifs is 1. The fourth-order valence-electron chi connectivity index (χ4n) is 2.07. The van der Waals surface area contributed by atoms with Gasteiger partial charge in [-0.25, -0.2) is 4.98 Å². The number of hydrogen-bond acceptors (Lipinski definition) is 3. The molecule has 0 aliphatic carbocycles. The standard InChI is InChI=1S/C14H21N3O/c1-10(2)15-8-12(18)9-17-11(3)16-13-6-4-5-7-14(13)17/h4-7,10,12,15,18H,8-9H2,1-3H3. The van der Waals surface area contributed by atoms with Crippen LogP contribution in [0.1, 0.15) is 19.7 Å². The molecule has 1 atom stereocenters. The molecule has 0 aliphatic heterocycles. The van der Waals surface area contributed by atoms with E-state index in [1.54, 1.807) is 0 Å². The first kappa shape index (κ1) is 13.1. The molecule has 1 aromatic heterocycles. The molecule has 18 heavy (non-hydrogen) atoms. The molecule has 1 unspecified atom stereocenters. The van der Waals surface area contributed by atoms with Crippen molar-refractivity contribution < 1.29 is 5.11 Å². The highest BCUT2D eigenvalue weighted by molar-refractivity contribution is 5.75. The van der Waals surface area contributed by atoms with E-state index in [1.165, 1.54) is 0 Å². The van der Waals surface area contributed by atoms with Crippen molar-refractivity contribution in [2.75, 3.05) is 6.54 Å². The minimum atomic E-state index is -0.399. The summed E-state index contributed by atoms with van der Waals surface area (Å²) in [6, 6.07) is 8.41. The van der Waals surface area contributed by atoms with E-state index in [9.17, 15) is 5.11 Å². The second kappa shape index (κ2) is 5.50. The Bertz CT molecular complexity index is 519. The average Bonchev–Trinajstić information content (AvgIpc) is 2.64. The van der Waals surface area contributed by atoms with E-state index >= 15 is 0 Å². The summed E-state index contributed by atoms with van der Waals surface area (Å²) >= 11 is 0. The van der Waals surface area contributed by atoms with Crippen LogP contribution >= 0.6 is 0 Å². The number of aliphatic hydroxyl groups is 1. The number of aromatic nitrogens is 2. The number of nitrogens with one attached hydrogen (secondary N) is 1. The maximum atomic E-state index is 10.0. The number of nitrogens with zero attached hydrogens (tertiary/aromatic N) is 2. The van der Waals surface area contributed by atoms with Crippen molar-refractivity contribution in [2.24, 2.45) is 0 Å². The highest BCUT2D eigenvalue weighted by Crippen LogP contribution is 2.15. The molecular formula is C14H21N3O. The first-order chi connectivity index (χ1) is 8.58. The molecule has 1 heterocycles. The van der Waals surface area contributed by atoms with Crippen LogP contribution in [0.2, 0.25) is 0 Å². The van der Waals surface area contributed by atoms with Crippen LogP contribution in [0.3, 0.4) is 0 Å². The van der Waals surface area contributed by atoms with E-state index < -0.39 is 6.10 Å². The fraction of sp³-hybridized carbons (Fsp3) is 0.500. The van der Waals surface area contributed by atoms with Crippen molar-refractivity contribution in [3.05, 3.63) is 30.1 Å². The van der Waals surface area contributed by atoms with Crippen molar-refractivity contribution in [2.45, 2.75) is 39.5 Å². The zero-order valence-corrected chi connectivity index (χ0v) is 11.2. The molecule has 0 amide bonds. The molecule has 1 aromatic carbocycles. The number of imidazole rings is 1. The van der Waals surface area contributed by atoms with Crippen LogP contribution in [0, 0.1) is 6.92 Å². The van der Waals surface area contributed by atoms with Crippen molar-refractivity contribution in [1.29, 1.82) is 0 Å². The van der Waals surface area contributed by atoms with Crippen LogP contribution in [0.15, 0.2) is 24.3 Å². The van der Waals surface area contributed by atoms with Gasteiger partial charge in [-0.15, -0.1) is 0 Å². The lowest BCUT2D eigenvalue weighted by Crippen LogP contribution is -2.34. The molecule has 0 bridgehead atoms. The first-order valence-electron chi connectivity index (χ1n) is 6.41. The summed E-state index contributed by atoms with van der Waals surface area (Å²) in [4.78, 5) is 4.49. The third kappa shape index (κ3) is 2.89. The Labute approximate surface area is 108 Å². The van der Waals surface area contributed by atoms with Gasteiger partial charge in [0.1, 0.15) is 5.82 Å². The molecule has 0 aliphatic rings. The summed E-state index contributed by atoms with van der Waals surface area (Å²) in [7, 11) is 0. The molecule has 2 N–H and O–H groups in total. The molecule has 0 fully saturated rings. The maximum Gasteiger partial charge on any atom is 0.106 e. The van der Waals surface area contributed by atoms with Gasteiger partial charge in [-0.05, 0) is 19.1 Å². The summed E-state index contributed by atoms with van der Waals surface area (Å²) in [5, 5.41) is 13.3. The zero-order valence-electron chi connectivity index (χ0n) is 11.2. The third-order valence-electron chi connectivity index (χ3n) is 3.00. The van der Waals surface area contributed by atoms with Crippen LogP contribution < -0.4 is 5.32 Å². The van der Waals surface area contributed by atoms with Gasteiger partial charge in [-0.1, -0.05) is 26.0 Å². The SMILES string of the molecule is Cc1nc2ccccc2n1CC(O)CNC(C)C. The Balaban J connectivity index is 2.13. The topological polar surface area (TPSA) is 50.1 Å². The van der Waals surface area contributed by atoms with E-state index in [1.807, 2.05) is 31.2 Å². The lowest BCUT2D eigenvalue weighted by molar-refractivity contribution is 0.149. The molecule has 2 rings (SSSR count). The van der Waals surface area contributed by atoms with Crippen LogP contribution in [0.25, 0.3) is 11.0 Å². The minimum absolute atomic E-state index is 0.389. The highest BCUT2D eigenvalue weighted by atomic mass is 16.3. The van der Waals surface area contributed by atoms with Crippen LogP contribution in [0.5, 0.6) is 0 Å². The van der Waals surface area contributed by atoms with Gasteiger partial charge in [-0.3, -0.25) is 0 Å². The summed E-state index contributed by atoms with van der Waals surface area (Å²) < 4.78 is 2.07.